The van der Waals surface area contributed by atoms with Gasteiger partial charge in [0.15, 0.2) is 0 Å². The maximum absolute atomic E-state index is 9.31. The van der Waals surface area contributed by atoms with Gasteiger partial charge in [0.2, 0.25) is 0 Å². The minimum atomic E-state index is 0.366. The van der Waals surface area contributed by atoms with E-state index in [1.807, 2.05) is 12.1 Å². The van der Waals surface area contributed by atoms with Crippen LogP contribution in [-0.2, 0) is 6.42 Å². The molecular weight excluding hydrogens is 174 g/mol. The molecule has 2 nitrogen and oxygen atoms in total. The quantitative estimate of drug-likeness (QED) is 0.751. The van der Waals surface area contributed by atoms with E-state index in [2.05, 4.69) is 6.07 Å². The standard InChI is InChI=1S/C12H17NO/c13-11-5-4-10(7-11)6-9-2-1-3-12(14)8-9/h1-3,8,10-11,14H,4-7,13H2. The summed E-state index contributed by atoms with van der Waals surface area (Å²) >= 11 is 0. The summed E-state index contributed by atoms with van der Waals surface area (Å²) in [5.74, 6) is 1.08. The van der Waals surface area contributed by atoms with Crippen molar-refractivity contribution in [3.63, 3.8) is 0 Å². The van der Waals surface area contributed by atoms with Crippen LogP contribution in [0.5, 0.6) is 5.75 Å². The summed E-state index contributed by atoms with van der Waals surface area (Å²) in [6.07, 6.45) is 4.58. The lowest BCUT2D eigenvalue weighted by molar-refractivity contribution is 0.472. The second-order valence-corrected chi connectivity index (χ2v) is 4.31. The van der Waals surface area contributed by atoms with Gasteiger partial charge in [0, 0.05) is 6.04 Å². The Bertz CT molecular complexity index is 311. The predicted molar refractivity (Wildman–Crippen MR) is 57.1 cm³/mol. The summed E-state index contributed by atoms with van der Waals surface area (Å²) < 4.78 is 0. The minimum absolute atomic E-state index is 0.366. The third kappa shape index (κ3) is 2.26. The second kappa shape index (κ2) is 4.01. The molecule has 2 rings (SSSR count). The van der Waals surface area contributed by atoms with E-state index >= 15 is 0 Å². The van der Waals surface area contributed by atoms with Crippen molar-refractivity contribution in [2.75, 3.05) is 0 Å². The molecule has 0 aliphatic heterocycles. The van der Waals surface area contributed by atoms with Crippen molar-refractivity contribution in [3.05, 3.63) is 29.8 Å². The van der Waals surface area contributed by atoms with Crippen molar-refractivity contribution in [1.82, 2.24) is 0 Å². The highest BCUT2D eigenvalue weighted by atomic mass is 16.3. The number of hydrogen-bond acceptors (Lipinski definition) is 2. The molecular formula is C12H17NO. The molecule has 2 unspecified atom stereocenters. The fourth-order valence-electron chi connectivity index (χ4n) is 2.32. The molecule has 2 atom stereocenters. The molecule has 1 aliphatic rings. The van der Waals surface area contributed by atoms with Crippen LogP contribution in [0.4, 0.5) is 0 Å². The molecule has 1 fully saturated rings. The highest BCUT2D eigenvalue weighted by molar-refractivity contribution is 5.27. The molecule has 1 aliphatic carbocycles. The van der Waals surface area contributed by atoms with Gasteiger partial charge in [0.1, 0.15) is 5.75 Å². The van der Waals surface area contributed by atoms with Gasteiger partial charge in [-0.3, -0.25) is 0 Å². The molecule has 0 saturated heterocycles. The van der Waals surface area contributed by atoms with Crippen LogP contribution in [-0.4, -0.2) is 11.1 Å². The molecule has 0 aromatic heterocycles. The van der Waals surface area contributed by atoms with E-state index in [1.165, 1.54) is 12.0 Å². The predicted octanol–water partition coefficient (Wildman–Crippen LogP) is 2.06. The summed E-state index contributed by atoms with van der Waals surface area (Å²) in [7, 11) is 0. The normalized spacial score (nSPS) is 26.6. The maximum atomic E-state index is 9.31. The lowest BCUT2D eigenvalue weighted by atomic mass is 9.98. The Morgan fingerprint density at radius 2 is 2.21 bits per heavy atom. The monoisotopic (exact) mass is 191 g/mol. The number of hydrogen-bond donors (Lipinski definition) is 2. The Balaban J connectivity index is 1.97. The Morgan fingerprint density at radius 1 is 1.36 bits per heavy atom. The van der Waals surface area contributed by atoms with E-state index in [1.54, 1.807) is 6.07 Å². The molecule has 1 aromatic carbocycles. The summed E-state index contributed by atoms with van der Waals surface area (Å²) in [4.78, 5) is 0. The minimum Gasteiger partial charge on any atom is -0.508 e. The van der Waals surface area contributed by atoms with E-state index < -0.39 is 0 Å². The smallest absolute Gasteiger partial charge is 0.115 e. The summed E-state index contributed by atoms with van der Waals surface area (Å²) in [5.41, 5.74) is 7.09. The van der Waals surface area contributed by atoms with Gasteiger partial charge in [0.25, 0.3) is 0 Å². The number of nitrogens with two attached hydrogens (primary N) is 1. The SMILES string of the molecule is NC1CCC(Cc2cccc(O)c2)C1. The van der Waals surface area contributed by atoms with Crippen molar-refractivity contribution in [2.24, 2.45) is 11.7 Å². The van der Waals surface area contributed by atoms with E-state index in [0.717, 1.165) is 19.3 Å². The fraction of sp³-hybridized carbons (Fsp3) is 0.500. The zero-order valence-corrected chi connectivity index (χ0v) is 8.32. The number of benzene rings is 1. The Hall–Kier alpha value is -1.02. The van der Waals surface area contributed by atoms with Crippen LogP contribution in [0.15, 0.2) is 24.3 Å². The fourth-order valence-corrected chi connectivity index (χ4v) is 2.32. The van der Waals surface area contributed by atoms with Gasteiger partial charge in [-0.1, -0.05) is 12.1 Å². The van der Waals surface area contributed by atoms with Crippen molar-refractivity contribution >= 4 is 0 Å². The molecule has 76 valence electrons. The summed E-state index contributed by atoms with van der Waals surface area (Å²) in [6, 6.07) is 7.94. The number of rotatable bonds is 2. The molecule has 0 bridgehead atoms. The lowest BCUT2D eigenvalue weighted by Crippen LogP contribution is -2.15. The van der Waals surface area contributed by atoms with Crippen LogP contribution in [0.25, 0.3) is 0 Å². The number of phenols is 1. The Kier molecular flexibility index (Phi) is 2.73. The third-order valence-corrected chi connectivity index (χ3v) is 3.02. The van der Waals surface area contributed by atoms with Gasteiger partial charge < -0.3 is 10.8 Å². The van der Waals surface area contributed by atoms with Crippen molar-refractivity contribution in [3.8, 4) is 5.75 Å². The first-order chi connectivity index (χ1) is 6.74. The first-order valence-electron chi connectivity index (χ1n) is 5.27. The second-order valence-electron chi connectivity index (χ2n) is 4.31. The average Bonchev–Trinajstić information content (AvgIpc) is 2.51. The molecule has 14 heavy (non-hydrogen) atoms. The highest BCUT2D eigenvalue weighted by Gasteiger charge is 2.21. The van der Waals surface area contributed by atoms with Crippen LogP contribution >= 0.6 is 0 Å². The molecule has 3 N–H and O–H groups in total. The summed E-state index contributed by atoms with van der Waals surface area (Å²) in [5, 5.41) is 9.31. The van der Waals surface area contributed by atoms with E-state index in [-0.39, 0.29) is 0 Å². The van der Waals surface area contributed by atoms with Gasteiger partial charge in [-0.25, -0.2) is 0 Å². The first kappa shape index (κ1) is 9.53. The summed E-state index contributed by atoms with van der Waals surface area (Å²) in [6.45, 7) is 0. The molecule has 1 saturated carbocycles. The number of phenolic OH excluding ortho intramolecular Hbond substituents is 1. The van der Waals surface area contributed by atoms with Crippen molar-refractivity contribution < 1.29 is 5.11 Å². The number of aromatic hydroxyl groups is 1. The third-order valence-electron chi connectivity index (χ3n) is 3.02. The zero-order valence-electron chi connectivity index (χ0n) is 8.32. The van der Waals surface area contributed by atoms with E-state index in [0.29, 0.717) is 17.7 Å². The lowest BCUT2D eigenvalue weighted by Gasteiger charge is -2.09. The van der Waals surface area contributed by atoms with Gasteiger partial charge in [0.05, 0.1) is 0 Å². The zero-order chi connectivity index (χ0) is 9.97. The van der Waals surface area contributed by atoms with Crippen LogP contribution < -0.4 is 5.73 Å². The molecule has 2 heteroatoms. The van der Waals surface area contributed by atoms with Crippen LogP contribution in [0.3, 0.4) is 0 Å². The average molecular weight is 191 g/mol. The van der Waals surface area contributed by atoms with Gasteiger partial charge in [-0.2, -0.15) is 0 Å². The first-order valence-corrected chi connectivity index (χ1v) is 5.27. The van der Waals surface area contributed by atoms with E-state index in [4.69, 9.17) is 5.73 Å². The Labute approximate surface area is 84.7 Å². The maximum Gasteiger partial charge on any atom is 0.115 e. The van der Waals surface area contributed by atoms with Crippen LogP contribution in [0, 0.1) is 5.92 Å². The Morgan fingerprint density at radius 3 is 2.86 bits per heavy atom. The molecule has 1 aromatic rings. The van der Waals surface area contributed by atoms with Gasteiger partial charge in [-0.05, 0) is 49.3 Å². The highest BCUT2D eigenvalue weighted by Crippen LogP contribution is 2.28. The molecule has 0 amide bonds. The van der Waals surface area contributed by atoms with E-state index in [9.17, 15) is 5.11 Å². The molecule has 0 heterocycles. The van der Waals surface area contributed by atoms with Crippen molar-refractivity contribution in [2.45, 2.75) is 31.7 Å². The largest absolute Gasteiger partial charge is 0.508 e. The van der Waals surface area contributed by atoms with Gasteiger partial charge >= 0.3 is 0 Å². The van der Waals surface area contributed by atoms with Crippen molar-refractivity contribution in [1.29, 1.82) is 0 Å². The molecule has 0 spiro atoms. The topological polar surface area (TPSA) is 46.2 Å². The molecule has 0 radical (unpaired) electrons. The van der Waals surface area contributed by atoms with Gasteiger partial charge in [-0.15, -0.1) is 0 Å². The van der Waals surface area contributed by atoms with Crippen LogP contribution in [0.2, 0.25) is 0 Å². The van der Waals surface area contributed by atoms with Crippen LogP contribution in [0.1, 0.15) is 24.8 Å².